The molecule has 2 amide bonds. The van der Waals surface area contributed by atoms with Crippen LogP contribution in [0.5, 0.6) is 0 Å². The number of aliphatic hydroxyl groups is 2. The first-order valence-corrected chi connectivity index (χ1v) is 28.0. The Morgan fingerprint density at radius 1 is 0.896 bits per heavy atom. The highest BCUT2D eigenvalue weighted by Crippen LogP contribution is 2.61. The zero-order chi connectivity index (χ0) is 49.8. The van der Waals surface area contributed by atoms with Gasteiger partial charge in [-0.3, -0.25) is 32.5 Å². The Kier molecular flexibility index (Phi) is 25.0. The summed E-state index contributed by atoms with van der Waals surface area (Å²) in [5.74, 6) is -0.373. The Morgan fingerprint density at radius 2 is 1.52 bits per heavy atom. The van der Waals surface area contributed by atoms with Crippen LogP contribution in [0.1, 0.15) is 130 Å². The maximum atomic E-state index is 12.7. The van der Waals surface area contributed by atoms with Gasteiger partial charge in [-0.2, -0.15) is 4.31 Å². The monoisotopic (exact) mass is 1030 g/mol. The standard InChI is InChI=1S/C39H70N7O17P3S/c1-5-6-7-8-9-10-11-12-13-16-27(2)17-14-15-18-30(48)67-22-21-41-29(47)19-20-42-37(51)34(50)39(3,4)24-60-66(57,58)63-65(55,56)59-23-28-33(62-64(52,53)54)32(49)38(61-28)46-26-45-31-35(40)43-25-44-36(31)46/h25-28,32-34,38,49-50H,5-24H2,1-4H3,(H,41,47)(H,42,51)(H,55,56)(H,57,58)(H2,40,43,44)(H2,52,53,54). The van der Waals surface area contributed by atoms with Gasteiger partial charge in [-0.05, 0) is 12.3 Å². The van der Waals surface area contributed by atoms with Gasteiger partial charge < -0.3 is 50.9 Å². The highest BCUT2D eigenvalue weighted by atomic mass is 32.2. The number of phosphoric acid groups is 3. The summed E-state index contributed by atoms with van der Waals surface area (Å²) >= 11 is 1.16. The largest absolute Gasteiger partial charge is 0.481 e. The third-order valence-electron chi connectivity index (χ3n) is 10.9. The van der Waals surface area contributed by atoms with Gasteiger partial charge in [0.15, 0.2) is 22.8 Å². The van der Waals surface area contributed by atoms with Gasteiger partial charge >= 0.3 is 23.5 Å². The van der Waals surface area contributed by atoms with E-state index < -0.39 is 84.6 Å². The summed E-state index contributed by atoms with van der Waals surface area (Å²) in [6.07, 6.45) is 9.62. The quantitative estimate of drug-likeness (QED) is 0.0336. The van der Waals surface area contributed by atoms with Crippen LogP contribution in [-0.4, -0.2) is 123 Å². The van der Waals surface area contributed by atoms with Gasteiger partial charge in [-0.15, -0.1) is 0 Å². The molecule has 10 N–H and O–H groups in total. The second-order valence-electron chi connectivity index (χ2n) is 17.3. The van der Waals surface area contributed by atoms with Crippen LogP contribution in [0, 0.1) is 11.3 Å². The fraction of sp³-hybridized carbons (Fsp3) is 0.795. The van der Waals surface area contributed by atoms with Crippen molar-refractivity contribution >= 4 is 69.1 Å². The van der Waals surface area contributed by atoms with Crippen molar-refractivity contribution in [2.75, 3.05) is 37.8 Å². The van der Waals surface area contributed by atoms with E-state index in [1.54, 1.807) is 0 Å². The molecule has 0 spiro atoms. The van der Waals surface area contributed by atoms with Crippen molar-refractivity contribution in [3.63, 3.8) is 0 Å². The molecule has 0 aromatic carbocycles. The zero-order valence-electron chi connectivity index (χ0n) is 38.6. The number of thioether (sulfide) groups is 1. The first kappa shape index (κ1) is 58.9. The van der Waals surface area contributed by atoms with Crippen LogP contribution in [-0.2, 0) is 50.7 Å². The summed E-state index contributed by atoms with van der Waals surface area (Å²) in [6.45, 7) is 5.09. The van der Waals surface area contributed by atoms with E-state index >= 15 is 0 Å². The number of fused-ring (bicyclic) bond motifs is 1. The molecule has 8 atom stereocenters. The molecule has 8 unspecified atom stereocenters. The van der Waals surface area contributed by atoms with Crippen molar-refractivity contribution in [2.24, 2.45) is 11.3 Å². The van der Waals surface area contributed by atoms with E-state index in [-0.39, 0.29) is 41.6 Å². The first-order chi connectivity index (χ1) is 31.4. The molecule has 1 saturated heterocycles. The number of nitrogen functional groups attached to an aromatic ring is 1. The Balaban J connectivity index is 1.32. The minimum atomic E-state index is -5.57. The van der Waals surface area contributed by atoms with Gasteiger partial charge in [0.2, 0.25) is 11.8 Å². The van der Waals surface area contributed by atoms with E-state index in [2.05, 4.69) is 48.3 Å². The maximum absolute atomic E-state index is 12.7. The summed E-state index contributed by atoms with van der Waals surface area (Å²) in [6, 6.07) is 0. The number of aliphatic hydroxyl groups excluding tert-OH is 2. The highest BCUT2D eigenvalue weighted by molar-refractivity contribution is 8.13. The molecule has 1 fully saturated rings. The Morgan fingerprint density at radius 3 is 2.18 bits per heavy atom. The number of carbonyl (C=O) groups excluding carboxylic acids is 3. The van der Waals surface area contributed by atoms with Crippen molar-refractivity contribution in [3.05, 3.63) is 12.7 Å². The van der Waals surface area contributed by atoms with Gasteiger partial charge in [0.1, 0.15) is 36.3 Å². The van der Waals surface area contributed by atoms with E-state index in [9.17, 15) is 57.9 Å². The van der Waals surface area contributed by atoms with Crippen LogP contribution in [0.25, 0.3) is 11.2 Å². The number of nitrogens with one attached hydrogen (secondary N) is 2. The lowest BCUT2D eigenvalue weighted by Crippen LogP contribution is -2.46. The number of carbonyl (C=O) groups is 3. The molecule has 2 aromatic heterocycles. The number of anilines is 1. The van der Waals surface area contributed by atoms with Gasteiger partial charge in [-0.25, -0.2) is 28.6 Å². The third-order valence-corrected chi connectivity index (χ3v) is 14.9. The molecule has 0 bridgehead atoms. The molecule has 3 heterocycles. The van der Waals surface area contributed by atoms with Crippen LogP contribution < -0.4 is 16.4 Å². The summed E-state index contributed by atoms with van der Waals surface area (Å²) in [5, 5.41) is 26.7. The number of imidazole rings is 1. The molecule has 1 aliphatic rings. The molecule has 0 aliphatic carbocycles. The van der Waals surface area contributed by atoms with Crippen molar-refractivity contribution in [1.82, 2.24) is 30.2 Å². The number of hydrogen-bond donors (Lipinski definition) is 9. The molecule has 0 radical (unpaired) electrons. The second-order valence-corrected chi connectivity index (χ2v) is 22.6. The summed E-state index contributed by atoms with van der Waals surface area (Å²) < 4.78 is 62.5. The van der Waals surface area contributed by atoms with E-state index in [0.29, 0.717) is 18.1 Å². The number of nitrogens with two attached hydrogens (primary N) is 1. The van der Waals surface area contributed by atoms with Crippen LogP contribution in [0.2, 0.25) is 0 Å². The summed E-state index contributed by atoms with van der Waals surface area (Å²) in [7, 11) is -16.4. The van der Waals surface area contributed by atoms with Crippen molar-refractivity contribution in [3.8, 4) is 0 Å². The smallest absolute Gasteiger partial charge is 0.386 e. The average molecular weight is 1030 g/mol. The van der Waals surface area contributed by atoms with Gasteiger partial charge in [0.05, 0.1) is 19.5 Å². The maximum Gasteiger partial charge on any atom is 0.481 e. The van der Waals surface area contributed by atoms with Crippen molar-refractivity contribution < 1.29 is 80.5 Å². The summed E-state index contributed by atoms with van der Waals surface area (Å²) in [5.41, 5.74) is 4.29. The van der Waals surface area contributed by atoms with Gasteiger partial charge in [-0.1, -0.05) is 117 Å². The number of hydrogen-bond acceptors (Lipinski definition) is 18. The minimum Gasteiger partial charge on any atom is -0.386 e. The SMILES string of the molecule is CCCCCCCCCCCC(C)CCCCC(=O)SCCNC(=O)CCNC(=O)C(O)C(C)(C)COP(=O)(O)OP(=O)(O)OCC1OC(n2cnc3c(N)ncnc32)C(O)C1OP(=O)(O)O. The summed E-state index contributed by atoms with van der Waals surface area (Å²) in [4.78, 5) is 88.5. The first-order valence-electron chi connectivity index (χ1n) is 22.5. The third kappa shape index (κ3) is 21.6. The lowest BCUT2D eigenvalue weighted by atomic mass is 9.87. The molecule has 384 valence electrons. The minimum absolute atomic E-state index is 0.0337. The highest BCUT2D eigenvalue weighted by Gasteiger charge is 2.50. The topological polar surface area (TPSA) is 364 Å². The molecule has 0 saturated carbocycles. The van der Waals surface area contributed by atoms with Gasteiger partial charge in [0.25, 0.3) is 0 Å². The van der Waals surface area contributed by atoms with Gasteiger partial charge in [0, 0.05) is 37.1 Å². The van der Waals surface area contributed by atoms with Crippen LogP contribution >= 0.6 is 35.2 Å². The zero-order valence-corrected chi connectivity index (χ0v) is 42.1. The molecular weight excluding hydrogens is 963 g/mol. The molecule has 3 rings (SSSR count). The molecule has 1 aliphatic heterocycles. The molecule has 24 nitrogen and oxygen atoms in total. The van der Waals surface area contributed by atoms with Crippen LogP contribution in [0.15, 0.2) is 12.7 Å². The van der Waals surface area contributed by atoms with Crippen molar-refractivity contribution in [1.29, 1.82) is 0 Å². The van der Waals surface area contributed by atoms with E-state index in [0.717, 1.165) is 48.2 Å². The Bertz CT molecular complexity index is 2010. The van der Waals surface area contributed by atoms with E-state index in [1.165, 1.54) is 78.1 Å². The predicted octanol–water partition coefficient (Wildman–Crippen LogP) is 4.78. The van der Waals surface area contributed by atoms with Crippen molar-refractivity contribution in [2.45, 2.75) is 155 Å². The van der Waals surface area contributed by atoms with E-state index in [4.69, 9.17) is 19.5 Å². The number of unbranched alkanes of at least 4 members (excludes halogenated alkanes) is 9. The second kappa shape index (κ2) is 28.4. The van der Waals surface area contributed by atoms with E-state index in [1.807, 2.05) is 0 Å². The number of amides is 2. The predicted molar refractivity (Wildman–Crippen MR) is 247 cm³/mol. The Labute approximate surface area is 395 Å². The molecular formula is C39H70N7O17P3S. The fourth-order valence-corrected chi connectivity index (χ4v) is 10.6. The molecule has 28 heteroatoms. The lowest BCUT2D eigenvalue weighted by molar-refractivity contribution is -0.137. The fourth-order valence-electron chi connectivity index (χ4n) is 7.08. The number of ether oxygens (including phenoxy) is 1. The van der Waals surface area contributed by atoms with Crippen LogP contribution in [0.3, 0.4) is 0 Å². The lowest BCUT2D eigenvalue weighted by Gasteiger charge is -2.30. The number of phosphoric ester groups is 3. The Hall–Kier alpha value is -2.44. The number of rotatable bonds is 34. The molecule has 67 heavy (non-hydrogen) atoms. The number of nitrogens with zero attached hydrogens (tertiary/aromatic N) is 4. The normalized spacial score (nSPS) is 20.6. The van der Waals surface area contributed by atoms with Crippen LogP contribution in [0.4, 0.5) is 5.82 Å². The number of aromatic nitrogens is 4. The average Bonchev–Trinajstić information content (AvgIpc) is 3.81. The molecule has 2 aromatic rings.